The second-order valence-corrected chi connectivity index (χ2v) is 5.92. The van der Waals surface area contributed by atoms with E-state index in [9.17, 15) is 14.0 Å². The van der Waals surface area contributed by atoms with Gasteiger partial charge >= 0.3 is 5.97 Å². The van der Waals surface area contributed by atoms with E-state index in [1.54, 1.807) is 0 Å². The molecule has 8 heteroatoms. The second kappa shape index (κ2) is 8.11. The van der Waals surface area contributed by atoms with Crippen molar-refractivity contribution < 1.29 is 23.2 Å². The van der Waals surface area contributed by atoms with E-state index in [0.717, 1.165) is 6.42 Å². The van der Waals surface area contributed by atoms with Crippen LogP contribution in [0.3, 0.4) is 0 Å². The number of halogens is 2. The number of carbonyl (C=O) groups excluding carboxylic acids is 2. The Kier molecular flexibility index (Phi) is 6.14. The maximum Gasteiger partial charge on any atom is 0.344 e. The van der Waals surface area contributed by atoms with E-state index in [1.165, 1.54) is 25.1 Å². The number of esters is 1. The largest absolute Gasteiger partial charge is 0.452 e. The molecule has 2 rings (SSSR count). The fourth-order valence-electron chi connectivity index (χ4n) is 2.13. The first-order chi connectivity index (χ1) is 11.8. The van der Waals surface area contributed by atoms with Gasteiger partial charge < -0.3 is 14.6 Å². The molecule has 2 aromatic rings. The molecule has 0 spiro atoms. The van der Waals surface area contributed by atoms with Gasteiger partial charge in [0.05, 0.1) is 10.6 Å². The molecule has 1 unspecified atom stereocenters. The van der Waals surface area contributed by atoms with Crippen LogP contribution in [0.1, 0.15) is 36.4 Å². The highest BCUT2D eigenvalue weighted by Crippen LogP contribution is 2.33. The third-order valence-corrected chi connectivity index (χ3v) is 3.94. The van der Waals surface area contributed by atoms with Crippen LogP contribution in [0.5, 0.6) is 0 Å². The van der Waals surface area contributed by atoms with Crippen LogP contribution in [0.25, 0.3) is 11.3 Å². The number of aryl methyl sites for hydroxylation is 1. The third-order valence-electron chi connectivity index (χ3n) is 3.62. The van der Waals surface area contributed by atoms with Crippen LogP contribution in [0, 0.1) is 12.7 Å². The Morgan fingerprint density at radius 3 is 2.80 bits per heavy atom. The normalized spacial score (nSPS) is 11.9. The van der Waals surface area contributed by atoms with Gasteiger partial charge in [0, 0.05) is 6.04 Å². The Morgan fingerprint density at radius 1 is 1.44 bits per heavy atom. The molecule has 0 radical (unpaired) electrons. The summed E-state index contributed by atoms with van der Waals surface area (Å²) in [5, 5.41) is 6.47. The van der Waals surface area contributed by atoms with Gasteiger partial charge in [-0.15, -0.1) is 0 Å². The molecule has 0 fully saturated rings. The van der Waals surface area contributed by atoms with E-state index in [-0.39, 0.29) is 33.6 Å². The summed E-state index contributed by atoms with van der Waals surface area (Å²) in [5.74, 6) is -1.78. The van der Waals surface area contributed by atoms with Crippen LogP contribution < -0.4 is 5.32 Å². The molecule has 1 aromatic heterocycles. The molecule has 1 atom stereocenters. The number of hydrogen-bond donors (Lipinski definition) is 1. The Hall–Kier alpha value is -2.41. The lowest BCUT2D eigenvalue weighted by molar-refractivity contribution is -0.124. The third kappa shape index (κ3) is 4.36. The van der Waals surface area contributed by atoms with Gasteiger partial charge in [-0.05, 0) is 32.4 Å². The van der Waals surface area contributed by atoms with E-state index < -0.39 is 24.3 Å². The minimum absolute atomic E-state index is 0.0312. The van der Waals surface area contributed by atoms with Crippen LogP contribution in [0.15, 0.2) is 22.7 Å². The summed E-state index contributed by atoms with van der Waals surface area (Å²) in [6.07, 6.45) is 0.750. The summed E-state index contributed by atoms with van der Waals surface area (Å²) in [5.41, 5.74) is -0.187. The fourth-order valence-corrected chi connectivity index (χ4v) is 2.38. The van der Waals surface area contributed by atoms with Gasteiger partial charge in [0.25, 0.3) is 5.91 Å². The highest BCUT2D eigenvalue weighted by Gasteiger charge is 2.27. The van der Waals surface area contributed by atoms with E-state index >= 15 is 0 Å². The maximum absolute atomic E-state index is 14.1. The van der Waals surface area contributed by atoms with Gasteiger partial charge in [-0.2, -0.15) is 0 Å². The molecular weight excluding hydrogens is 351 g/mol. The van der Waals surface area contributed by atoms with Crippen LogP contribution in [0.4, 0.5) is 4.39 Å². The zero-order chi connectivity index (χ0) is 18.6. The van der Waals surface area contributed by atoms with Crippen molar-refractivity contribution in [2.24, 2.45) is 0 Å². The Bertz CT molecular complexity index is 771. The highest BCUT2D eigenvalue weighted by molar-refractivity contribution is 6.33. The number of aromatic nitrogens is 1. The van der Waals surface area contributed by atoms with Crippen LogP contribution in [-0.2, 0) is 9.53 Å². The SMILES string of the molecule is CCC(C)NC(=O)COC(=O)c1c(-c2c(F)cccc2Cl)noc1C. The number of hydrogen-bond acceptors (Lipinski definition) is 5. The summed E-state index contributed by atoms with van der Waals surface area (Å²) < 4.78 is 24.1. The minimum atomic E-state index is -0.840. The van der Waals surface area contributed by atoms with Crippen molar-refractivity contribution in [3.63, 3.8) is 0 Å². The number of amides is 1. The van der Waals surface area contributed by atoms with Crippen molar-refractivity contribution in [1.82, 2.24) is 10.5 Å². The standard InChI is InChI=1S/C17H18ClFN2O4/c1-4-9(2)20-13(22)8-24-17(23)14-10(3)25-21-16(14)15-11(18)6-5-7-12(15)19/h5-7,9H,4,8H2,1-3H3,(H,20,22). The summed E-state index contributed by atoms with van der Waals surface area (Å²) >= 11 is 6.01. The molecule has 134 valence electrons. The number of carbonyl (C=O) groups is 2. The van der Waals surface area contributed by atoms with Crippen molar-refractivity contribution in [2.45, 2.75) is 33.2 Å². The average Bonchev–Trinajstić information content (AvgIpc) is 2.93. The van der Waals surface area contributed by atoms with Crippen molar-refractivity contribution >= 4 is 23.5 Å². The number of benzene rings is 1. The minimum Gasteiger partial charge on any atom is -0.452 e. The van der Waals surface area contributed by atoms with Crippen molar-refractivity contribution in [2.75, 3.05) is 6.61 Å². The topological polar surface area (TPSA) is 81.4 Å². The zero-order valence-electron chi connectivity index (χ0n) is 14.1. The molecule has 25 heavy (non-hydrogen) atoms. The molecule has 0 aliphatic rings. The Labute approximate surface area is 149 Å². The first kappa shape index (κ1) is 18.9. The fraction of sp³-hybridized carbons (Fsp3) is 0.353. The van der Waals surface area contributed by atoms with E-state index in [1.807, 2.05) is 13.8 Å². The zero-order valence-corrected chi connectivity index (χ0v) is 14.8. The summed E-state index contributed by atoms with van der Waals surface area (Å²) in [6, 6.07) is 4.07. The summed E-state index contributed by atoms with van der Waals surface area (Å²) in [6.45, 7) is 4.78. The monoisotopic (exact) mass is 368 g/mol. The van der Waals surface area contributed by atoms with Crippen LogP contribution in [0.2, 0.25) is 5.02 Å². The van der Waals surface area contributed by atoms with Gasteiger partial charge in [-0.1, -0.05) is 29.7 Å². The molecule has 0 aliphatic carbocycles. The van der Waals surface area contributed by atoms with Crippen LogP contribution >= 0.6 is 11.6 Å². The van der Waals surface area contributed by atoms with Crippen molar-refractivity contribution in [1.29, 1.82) is 0 Å². The van der Waals surface area contributed by atoms with Crippen LogP contribution in [-0.4, -0.2) is 29.7 Å². The van der Waals surface area contributed by atoms with E-state index in [0.29, 0.717) is 0 Å². The average molecular weight is 369 g/mol. The number of nitrogens with one attached hydrogen (secondary N) is 1. The first-order valence-corrected chi connectivity index (χ1v) is 8.10. The molecule has 1 amide bonds. The number of rotatable bonds is 6. The molecule has 6 nitrogen and oxygen atoms in total. The lowest BCUT2D eigenvalue weighted by atomic mass is 10.1. The van der Waals surface area contributed by atoms with Crippen molar-refractivity contribution in [3.05, 3.63) is 40.4 Å². The first-order valence-electron chi connectivity index (χ1n) is 7.72. The van der Waals surface area contributed by atoms with E-state index in [4.69, 9.17) is 20.9 Å². The van der Waals surface area contributed by atoms with Gasteiger partial charge in [0.1, 0.15) is 22.8 Å². The van der Waals surface area contributed by atoms with E-state index in [2.05, 4.69) is 10.5 Å². The Balaban J connectivity index is 2.22. The number of ether oxygens (including phenoxy) is 1. The van der Waals surface area contributed by atoms with Gasteiger partial charge in [-0.25, -0.2) is 9.18 Å². The molecule has 0 aliphatic heterocycles. The van der Waals surface area contributed by atoms with Crippen molar-refractivity contribution in [3.8, 4) is 11.3 Å². The van der Waals surface area contributed by atoms with Gasteiger partial charge in [-0.3, -0.25) is 4.79 Å². The molecule has 0 saturated carbocycles. The predicted molar refractivity (Wildman–Crippen MR) is 89.8 cm³/mol. The Morgan fingerprint density at radius 2 is 2.16 bits per heavy atom. The lowest BCUT2D eigenvalue weighted by Gasteiger charge is -2.11. The highest BCUT2D eigenvalue weighted by atomic mass is 35.5. The number of nitrogens with zero attached hydrogens (tertiary/aromatic N) is 1. The lowest BCUT2D eigenvalue weighted by Crippen LogP contribution is -2.35. The molecule has 0 saturated heterocycles. The smallest absolute Gasteiger partial charge is 0.344 e. The maximum atomic E-state index is 14.1. The van der Waals surface area contributed by atoms with Gasteiger partial charge in [0.15, 0.2) is 6.61 Å². The summed E-state index contributed by atoms with van der Waals surface area (Å²) in [7, 11) is 0. The quantitative estimate of drug-likeness (QED) is 0.789. The molecule has 1 heterocycles. The second-order valence-electron chi connectivity index (χ2n) is 5.51. The predicted octanol–water partition coefficient (Wildman–Crippen LogP) is 3.51. The summed E-state index contributed by atoms with van der Waals surface area (Å²) in [4.78, 5) is 24.1. The van der Waals surface area contributed by atoms with Gasteiger partial charge in [0.2, 0.25) is 0 Å². The molecule has 0 bridgehead atoms. The molecule has 1 aromatic carbocycles. The molecule has 1 N–H and O–H groups in total. The molecular formula is C17H18ClFN2O4.